The summed E-state index contributed by atoms with van der Waals surface area (Å²) in [6, 6.07) is 2.91. The lowest BCUT2D eigenvalue weighted by Gasteiger charge is -2.40. The van der Waals surface area contributed by atoms with Crippen LogP contribution < -0.4 is 5.73 Å². The van der Waals surface area contributed by atoms with Crippen LogP contribution in [0, 0.1) is 17.0 Å². The van der Waals surface area contributed by atoms with Crippen molar-refractivity contribution in [3.05, 3.63) is 35.4 Å². The first-order valence-corrected chi connectivity index (χ1v) is 8.62. The molecule has 0 bridgehead atoms. The van der Waals surface area contributed by atoms with E-state index in [4.69, 9.17) is 5.73 Å². The summed E-state index contributed by atoms with van der Waals surface area (Å²) in [6.07, 6.45) is 1.33. The highest BCUT2D eigenvalue weighted by molar-refractivity contribution is 5.94. The van der Waals surface area contributed by atoms with E-state index in [0.717, 1.165) is 12.1 Å². The van der Waals surface area contributed by atoms with Crippen LogP contribution in [0.1, 0.15) is 37.0 Å². The lowest BCUT2D eigenvalue weighted by atomic mass is 9.81. The van der Waals surface area contributed by atoms with Gasteiger partial charge in [-0.25, -0.2) is 8.78 Å². The fourth-order valence-corrected chi connectivity index (χ4v) is 3.21. The normalized spacial score (nSPS) is 14.8. The van der Waals surface area contributed by atoms with E-state index in [0.29, 0.717) is 51.6 Å². The van der Waals surface area contributed by atoms with Crippen LogP contribution in [0.4, 0.5) is 8.78 Å². The van der Waals surface area contributed by atoms with Crippen LogP contribution in [-0.4, -0.2) is 54.3 Å². The molecule has 0 atom stereocenters. The maximum atomic E-state index is 13.8. The minimum Gasteiger partial charge on any atom is -0.339 e. The Hall–Kier alpha value is -1.73. The molecule has 2 amide bonds. The van der Waals surface area contributed by atoms with Gasteiger partial charge >= 0.3 is 0 Å². The van der Waals surface area contributed by atoms with E-state index in [2.05, 4.69) is 0 Å². The van der Waals surface area contributed by atoms with Gasteiger partial charge in [0, 0.05) is 38.8 Å². The molecule has 1 fully saturated rings. The van der Waals surface area contributed by atoms with E-state index in [1.165, 1.54) is 4.90 Å². The van der Waals surface area contributed by atoms with Crippen LogP contribution in [0.2, 0.25) is 0 Å². The van der Waals surface area contributed by atoms with Crippen molar-refractivity contribution < 1.29 is 18.4 Å². The molecular formula is C18H26ClF2N3O2. The van der Waals surface area contributed by atoms with Gasteiger partial charge in [0.15, 0.2) is 0 Å². The number of rotatable bonds is 5. The van der Waals surface area contributed by atoms with Gasteiger partial charge in [0.1, 0.15) is 11.6 Å². The molecular weight excluding hydrogens is 364 g/mol. The van der Waals surface area contributed by atoms with Crippen LogP contribution in [0.3, 0.4) is 0 Å². The number of nitrogens with two attached hydrogens (primary N) is 1. The molecule has 8 heteroatoms. The van der Waals surface area contributed by atoms with Crippen LogP contribution in [-0.2, 0) is 4.79 Å². The predicted molar refractivity (Wildman–Crippen MR) is 98.2 cm³/mol. The fraction of sp³-hybridized carbons (Fsp3) is 0.556. The van der Waals surface area contributed by atoms with Crippen molar-refractivity contribution in [3.63, 3.8) is 0 Å². The number of piperazine rings is 1. The maximum Gasteiger partial charge on any atom is 0.256 e. The quantitative estimate of drug-likeness (QED) is 0.841. The van der Waals surface area contributed by atoms with Crippen molar-refractivity contribution in [1.82, 2.24) is 9.80 Å². The van der Waals surface area contributed by atoms with Crippen molar-refractivity contribution in [2.75, 3.05) is 32.7 Å². The average Bonchev–Trinajstić information content (AvgIpc) is 2.63. The highest BCUT2D eigenvalue weighted by Crippen LogP contribution is 2.28. The summed E-state index contributed by atoms with van der Waals surface area (Å²) in [5, 5.41) is 0. The number of benzene rings is 1. The van der Waals surface area contributed by atoms with Gasteiger partial charge in [-0.15, -0.1) is 12.4 Å². The van der Waals surface area contributed by atoms with E-state index < -0.39 is 23.0 Å². The number of carbonyl (C=O) groups excluding carboxylic acids is 2. The highest BCUT2D eigenvalue weighted by atomic mass is 35.5. The summed E-state index contributed by atoms with van der Waals surface area (Å²) >= 11 is 0. The van der Waals surface area contributed by atoms with Gasteiger partial charge < -0.3 is 15.5 Å². The Balaban J connectivity index is 0.00000338. The summed E-state index contributed by atoms with van der Waals surface area (Å²) in [6.45, 7) is 5.59. The van der Waals surface area contributed by atoms with Crippen molar-refractivity contribution in [2.45, 2.75) is 26.7 Å². The van der Waals surface area contributed by atoms with Gasteiger partial charge in [-0.1, -0.05) is 13.8 Å². The Morgan fingerprint density at radius 3 is 2.08 bits per heavy atom. The molecule has 2 rings (SSSR count). The fourth-order valence-electron chi connectivity index (χ4n) is 3.21. The summed E-state index contributed by atoms with van der Waals surface area (Å²) < 4.78 is 26.8. The first-order valence-electron chi connectivity index (χ1n) is 8.62. The average molecular weight is 390 g/mol. The van der Waals surface area contributed by atoms with Crippen LogP contribution in [0.15, 0.2) is 18.2 Å². The van der Waals surface area contributed by atoms with Gasteiger partial charge in [-0.2, -0.15) is 0 Å². The van der Waals surface area contributed by atoms with Gasteiger partial charge in [0.2, 0.25) is 5.91 Å². The molecule has 1 aliphatic heterocycles. The van der Waals surface area contributed by atoms with E-state index in [9.17, 15) is 18.4 Å². The number of halogens is 3. The molecule has 0 aliphatic carbocycles. The highest BCUT2D eigenvalue weighted by Gasteiger charge is 2.38. The number of nitrogens with zero attached hydrogens (tertiary/aromatic N) is 2. The molecule has 146 valence electrons. The molecule has 1 aliphatic rings. The zero-order valence-electron chi connectivity index (χ0n) is 15.1. The standard InChI is InChI=1S/C18H25F2N3O2.ClH/c1-3-18(4-2,12-21)17(25)23-9-7-22(8-10-23)16(24)14-6-5-13(19)11-15(14)20;/h5-6,11H,3-4,7-10,12,21H2,1-2H3;1H. The molecule has 0 aromatic heterocycles. The minimum absolute atomic E-state index is 0. The van der Waals surface area contributed by atoms with Crippen LogP contribution in [0.25, 0.3) is 0 Å². The largest absolute Gasteiger partial charge is 0.339 e. The van der Waals surface area contributed by atoms with Crippen molar-refractivity contribution in [2.24, 2.45) is 11.1 Å². The Morgan fingerprint density at radius 2 is 1.62 bits per heavy atom. The van der Waals surface area contributed by atoms with Crippen molar-refractivity contribution in [1.29, 1.82) is 0 Å². The second-order valence-electron chi connectivity index (χ2n) is 6.40. The molecule has 0 unspecified atom stereocenters. The zero-order valence-corrected chi connectivity index (χ0v) is 16.0. The summed E-state index contributed by atoms with van der Waals surface area (Å²) in [7, 11) is 0. The Morgan fingerprint density at radius 1 is 1.08 bits per heavy atom. The first-order chi connectivity index (χ1) is 11.9. The molecule has 5 nitrogen and oxygen atoms in total. The molecule has 1 aromatic carbocycles. The molecule has 0 spiro atoms. The van der Waals surface area contributed by atoms with Gasteiger partial charge in [0.05, 0.1) is 11.0 Å². The topological polar surface area (TPSA) is 66.6 Å². The number of carbonyl (C=O) groups is 2. The van der Waals surface area contributed by atoms with Crippen LogP contribution >= 0.6 is 12.4 Å². The Bertz CT molecular complexity index is 637. The lowest BCUT2D eigenvalue weighted by Crippen LogP contribution is -2.55. The smallest absolute Gasteiger partial charge is 0.256 e. The Kier molecular flexibility index (Phi) is 7.96. The third-order valence-electron chi connectivity index (χ3n) is 5.21. The summed E-state index contributed by atoms with van der Waals surface area (Å²) in [5.41, 5.74) is 5.12. The zero-order chi connectivity index (χ0) is 18.6. The van der Waals surface area contributed by atoms with E-state index in [1.54, 1.807) is 4.90 Å². The van der Waals surface area contributed by atoms with E-state index in [1.807, 2.05) is 13.8 Å². The Labute approximate surface area is 158 Å². The second kappa shape index (κ2) is 9.28. The SMILES string of the molecule is CCC(CC)(CN)C(=O)N1CCN(C(=O)c2ccc(F)cc2F)CC1.Cl. The molecule has 1 aromatic rings. The molecule has 26 heavy (non-hydrogen) atoms. The monoisotopic (exact) mass is 389 g/mol. The third-order valence-corrected chi connectivity index (χ3v) is 5.21. The molecule has 1 saturated heterocycles. The number of hydrogen-bond acceptors (Lipinski definition) is 3. The second-order valence-corrected chi connectivity index (χ2v) is 6.40. The van der Waals surface area contributed by atoms with Gasteiger partial charge in [-0.3, -0.25) is 9.59 Å². The van der Waals surface area contributed by atoms with Crippen molar-refractivity contribution in [3.8, 4) is 0 Å². The van der Waals surface area contributed by atoms with E-state index in [-0.39, 0.29) is 23.9 Å². The number of amides is 2. The number of hydrogen-bond donors (Lipinski definition) is 1. The van der Waals surface area contributed by atoms with E-state index >= 15 is 0 Å². The van der Waals surface area contributed by atoms with Gasteiger partial charge in [-0.05, 0) is 25.0 Å². The predicted octanol–water partition coefficient (Wildman–Crippen LogP) is 2.44. The summed E-state index contributed by atoms with van der Waals surface area (Å²) in [4.78, 5) is 28.4. The third kappa shape index (κ3) is 4.32. The van der Waals surface area contributed by atoms with Crippen LogP contribution in [0.5, 0.6) is 0 Å². The lowest BCUT2D eigenvalue weighted by molar-refractivity contribution is -0.143. The van der Waals surface area contributed by atoms with Crippen molar-refractivity contribution >= 4 is 24.2 Å². The molecule has 0 saturated carbocycles. The molecule has 1 heterocycles. The van der Waals surface area contributed by atoms with Gasteiger partial charge in [0.25, 0.3) is 5.91 Å². The minimum atomic E-state index is -0.873. The maximum absolute atomic E-state index is 13.8. The first kappa shape index (κ1) is 22.3. The molecule has 2 N–H and O–H groups in total. The summed E-state index contributed by atoms with van der Waals surface area (Å²) in [5.74, 6) is -2.06. The molecule has 0 radical (unpaired) electrons.